The first-order valence-corrected chi connectivity index (χ1v) is 6.66. The van der Waals surface area contributed by atoms with E-state index in [1.165, 1.54) is 12.1 Å². The number of benzene rings is 2. The molecule has 0 aliphatic carbocycles. The lowest BCUT2D eigenvalue weighted by molar-refractivity contribution is 0.587. The standard InChI is InChI=1S/C13H10F3NOS/c14-9-1-3-11(15)8(5-9)7-19(18)13-4-2-10(17)6-12(13)16/h1-6H,7,17H2. The van der Waals surface area contributed by atoms with E-state index in [9.17, 15) is 17.4 Å². The summed E-state index contributed by atoms with van der Waals surface area (Å²) in [6, 6.07) is 6.57. The van der Waals surface area contributed by atoms with E-state index in [0.717, 1.165) is 24.3 Å². The van der Waals surface area contributed by atoms with E-state index >= 15 is 0 Å². The van der Waals surface area contributed by atoms with Crippen LogP contribution in [0, 0.1) is 17.5 Å². The Morgan fingerprint density at radius 2 is 1.74 bits per heavy atom. The molecule has 0 saturated carbocycles. The molecular weight excluding hydrogens is 275 g/mol. The second-order valence-electron chi connectivity index (χ2n) is 3.92. The van der Waals surface area contributed by atoms with Crippen molar-refractivity contribution in [1.82, 2.24) is 0 Å². The van der Waals surface area contributed by atoms with Crippen LogP contribution in [0.2, 0.25) is 0 Å². The smallest absolute Gasteiger partial charge is 0.141 e. The molecule has 0 fully saturated rings. The fourth-order valence-corrected chi connectivity index (χ4v) is 2.73. The van der Waals surface area contributed by atoms with Gasteiger partial charge in [-0.05, 0) is 36.4 Å². The zero-order valence-corrected chi connectivity index (χ0v) is 10.5. The van der Waals surface area contributed by atoms with Gasteiger partial charge in [-0.25, -0.2) is 13.2 Å². The Bertz CT molecular complexity index is 646. The van der Waals surface area contributed by atoms with E-state index in [1.807, 2.05) is 0 Å². The van der Waals surface area contributed by atoms with Crippen molar-refractivity contribution in [3.8, 4) is 0 Å². The number of nitrogen functional groups attached to an aromatic ring is 1. The van der Waals surface area contributed by atoms with Crippen molar-refractivity contribution in [2.45, 2.75) is 10.6 Å². The molecule has 2 nitrogen and oxygen atoms in total. The van der Waals surface area contributed by atoms with Crippen LogP contribution in [0.25, 0.3) is 0 Å². The Morgan fingerprint density at radius 1 is 1.00 bits per heavy atom. The lowest BCUT2D eigenvalue weighted by Crippen LogP contribution is -2.02. The number of nitrogens with two attached hydrogens (primary N) is 1. The Balaban J connectivity index is 2.28. The molecule has 0 saturated heterocycles. The molecule has 0 radical (unpaired) electrons. The quantitative estimate of drug-likeness (QED) is 0.881. The molecule has 19 heavy (non-hydrogen) atoms. The fraction of sp³-hybridized carbons (Fsp3) is 0.0769. The summed E-state index contributed by atoms with van der Waals surface area (Å²) in [7, 11) is -1.81. The van der Waals surface area contributed by atoms with E-state index in [-0.39, 0.29) is 21.9 Å². The first kappa shape index (κ1) is 13.6. The predicted octanol–water partition coefficient (Wildman–Crippen LogP) is 2.99. The molecule has 0 aliphatic heterocycles. The van der Waals surface area contributed by atoms with Crippen LogP contribution < -0.4 is 5.73 Å². The molecule has 2 aromatic carbocycles. The fourth-order valence-electron chi connectivity index (χ4n) is 1.57. The minimum Gasteiger partial charge on any atom is -0.399 e. The number of hydrogen-bond donors (Lipinski definition) is 1. The molecular formula is C13H10F3NOS. The predicted molar refractivity (Wildman–Crippen MR) is 67.3 cm³/mol. The third kappa shape index (κ3) is 3.14. The van der Waals surface area contributed by atoms with Crippen molar-refractivity contribution >= 4 is 16.5 Å². The van der Waals surface area contributed by atoms with Crippen molar-refractivity contribution in [2.24, 2.45) is 0 Å². The molecule has 1 atom stereocenters. The summed E-state index contributed by atoms with van der Waals surface area (Å²) >= 11 is 0. The largest absolute Gasteiger partial charge is 0.399 e. The summed E-state index contributed by atoms with van der Waals surface area (Å²) in [6.45, 7) is 0. The minimum atomic E-state index is -1.81. The Morgan fingerprint density at radius 3 is 2.42 bits per heavy atom. The van der Waals surface area contributed by atoms with Gasteiger partial charge in [-0.3, -0.25) is 4.21 Å². The molecule has 6 heteroatoms. The van der Waals surface area contributed by atoms with Crippen LogP contribution in [-0.4, -0.2) is 4.21 Å². The number of hydrogen-bond acceptors (Lipinski definition) is 2. The van der Waals surface area contributed by atoms with E-state index in [1.54, 1.807) is 0 Å². The number of halogens is 3. The van der Waals surface area contributed by atoms with Gasteiger partial charge < -0.3 is 5.73 Å². The van der Waals surface area contributed by atoms with Gasteiger partial charge in [-0.2, -0.15) is 0 Å². The van der Waals surface area contributed by atoms with E-state index in [2.05, 4.69) is 0 Å². The molecule has 0 aromatic heterocycles. The Hall–Kier alpha value is -1.82. The second kappa shape index (κ2) is 5.44. The molecule has 2 aromatic rings. The lowest BCUT2D eigenvalue weighted by atomic mass is 10.2. The maximum Gasteiger partial charge on any atom is 0.141 e. The lowest BCUT2D eigenvalue weighted by Gasteiger charge is -2.06. The summed E-state index contributed by atoms with van der Waals surface area (Å²) in [4.78, 5) is -0.0853. The Labute approximate surface area is 110 Å². The maximum atomic E-state index is 13.5. The highest BCUT2D eigenvalue weighted by molar-refractivity contribution is 7.84. The molecule has 0 amide bonds. The SMILES string of the molecule is Nc1ccc(S(=O)Cc2cc(F)ccc2F)c(F)c1. The van der Waals surface area contributed by atoms with Crippen LogP contribution in [-0.2, 0) is 16.6 Å². The summed E-state index contributed by atoms with van der Waals surface area (Å²) in [6.07, 6.45) is 0. The Kier molecular flexibility index (Phi) is 3.90. The van der Waals surface area contributed by atoms with Gasteiger partial charge in [0.1, 0.15) is 17.5 Å². The van der Waals surface area contributed by atoms with Gasteiger partial charge in [0.25, 0.3) is 0 Å². The average Bonchev–Trinajstić information content (AvgIpc) is 2.33. The molecule has 100 valence electrons. The zero-order chi connectivity index (χ0) is 14.0. The van der Waals surface area contributed by atoms with Crippen molar-refractivity contribution in [3.63, 3.8) is 0 Å². The van der Waals surface area contributed by atoms with Gasteiger partial charge >= 0.3 is 0 Å². The van der Waals surface area contributed by atoms with Crippen LogP contribution in [0.5, 0.6) is 0 Å². The van der Waals surface area contributed by atoms with Crippen molar-refractivity contribution < 1.29 is 17.4 Å². The zero-order valence-electron chi connectivity index (χ0n) is 9.70. The molecule has 2 rings (SSSR count). The number of anilines is 1. The molecule has 0 bridgehead atoms. The van der Waals surface area contributed by atoms with Gasteiger partial charge in [0.2, 0.25) is 0 Å². The third-order valence-electron chi connectivity index (χ3n) is 2.50. The molecule has 2 N–H and O–H groups in total. The van der Waals surface area contributed by atoms with E-state index in [4.69, 9.17) is 5.73 Å². The first-order valence-electron chi connectivity index (χ1n) is 5.34. The number of rotatable bonds is 3. The van der Waals surface area contributed by atoms with Crippen molar-refractivity contribution in [1.29, 1.82) is 0 Å². The van der Waals surface area contributed by atoms with Crippen LogP contribution in [0.1, 0.15) is 5.56 Å². The maximum absolute atomic E-state index is 13.5. The van der Waals surface area contributed by atoms with E-state index < -0.39 is 28.3 Å². The minimum absolute atomic E-state index is 0.0606. The monoisotopic (exact) mass is 285 g/mol. The normalized spacial score (nSPS) is 12.4. The van der Waals surface area contributed by atoms with Gasteiger partial charge in [-0.1, -0.05) is 0 Å². The third-order valence-corrected chi connectivity index (χ3v) is 3.89. The topological polar surface area (TPSA) is 43.1 Å². The van der Waals surface area contributed by atoms with Crippen molar-refractivity contribution in [3.05, 3.63) is 59.4 Å². The van der Waals surface area contributed by atoms with Crippen molar-refractivity contribution in [2.75, 3.05) is 5.73 Å². The highest BCUT2D eigenvalue weighted by Gasteiger charge is 2.14. The van der Waals surface area contributed by atoms with Gasteiger partial charge in [0.15, 0.2) is 0 Å². The van der Waals surface area contributed by atoms with Gasteiger partial charge in [0, 0.05) is 11.3 Å². The summed E-state index contributed by atoms with van der Waals surface area (Å²) in [5.41, 5.74) is 5.52. The molecule has 0 aliphatic rings. The molecule has 0 spiro atoms. The van der Waals surface area contributed by atoms with E-state index in [0.29, 0.717) is 0 Å². The summed E-state index contributed by atoms with van der Waals surface area (Å²) < 4.78 is 51.9. The van der Waals surface area contributed by atoms with Gasteiger partial charge in [0.05, 0.1) is 21.4 Å². The van der Waals surface area contributed by atoms with Crippen LogP contribution in [0.15, 0.2) is 41.3 Å². The second-order valence-corrected chi connectivity index (χ2v) is 5.33. The van der Waals surface area contributed by atoms with Gasteiger partial charge in [-0.15, -0.1) is 0 Å². The highest BCUT2D eigenvalue weighted by Crippen LogP contribution is 2.20. The van der Waals surface area contributed by atoms with Crippen LogP contribution in [0.3, 0.4) is 0 Å². The highest BCUT2D eigenvalue weighted by atomic mass is 32.2. The first-order chi connectivity index (χ1) is 8.97. The molecule has 0 heterocycles. The summed E-state index contributed by atoms with van der Waals surface area (Å²) in [5.74, 6) is -2.34. The van der Waals surface area contributed by atoms with Crippen LogP contribution >= 0.6 is 0 Å². The summed E-state index contributed by atoms with van der Waals surface area (Å²) in [5, 5.41) is 0. The van der Waals surface area contributed by atoms with Crippen LogP contribution in [0.4, 0.5) is 18.9 Å². The average molecular weight is 285 g/mol. The molecule has 1 unspecified atom stereocenters.